The number of carbonyl (C=O) groups excluding carboxylic acids is 1. The highest BCUT2D eigenvalue weighted by molar-refractivity contribution is 6.00. The molecule has 25 heavy (non-hydrogen) atoms. The second kappa shape index (κ2) is 7.10. The summed E-state index contributed by atoms with van der Waals surface area (Å²) in [6, 6.07) is 10.6. The molecule has 1 atom stereocenters. The van der Waals surface area contributed by atoms with Crippen LogP contribution in [-0.2, 0) is 0 Å². The number of amides is 2. The molecule has 3 aromatic rings. The second-order valence-corrected chi connectivity index (χ2v) is 5.64. The number of benzene rings is 1. The molecule has 1 unspecified atom stereocenters. The van der Waals surface area contributed by atoms with Gasteiger partial charge in [0, 0.05) is 29.0 Å². The number of hydrogen-bond acceptors (Lipinski definition) is 6. The maximum absolute atomic E-state index is 12.2. The van der Waals surface area contributed by atoms with Crippen LogP contribution in [0.2, 0.25) is 0 Å². The van der Waals surface area contributed by atoms with Gasteiger partial charge >= 0.3 is 6.03 Å². The predicted octanol–water partition coefficient (Wildman–Crippen LogP) is 2.69. The molecule has 2 aromatic heterocycles. The predicted molar refractivity (Wildman–Crippen MR) is 98.4 cm³/mol. The summed E-state index contributed by atoms with van der Waals surface area (Å²) < 4.78 is 0. The van der Waals surface area contributed by atoms with Gasteiger partial charge in [-0.25, -0.2) is 9.78 Å². The van der Waals surface area contributed by atoms with Crippen molar-refractivity contribution in [2.24, 2.45) is 5.73 Å². The molecule has 2 heterocycles. The molecule has 5 N–H and O–H groups in total. The van der Waals surface area contributed by atoms with Crippen molar-refractivity contribution in [1.82, 2.24) is 15.0 Å². The van der Waals surface area contributed by atoms with Crippen molar-refractivity contribution in [3.63, 3.8) is 0 Å². The number of nitrogens with one attached hydrogen (secondary N) is 3. The number of anilines is 3. The van der Waals surface area contributed by atoms with E-state index in [1.54, 1.807) is 25.3 Å². The number of aryl methyl sites for hydroxylation is 1. The van der Waals surface area contributed by atoms with E-state index in [1.807, 2.05) is 31.2 Å². The van der Waals surface area contributed by atoms with Crippen molar-refractivity contribution in [3.8, 4) is 0 Å². The lowest BCUT2D eigenvalue weighted by molar-refractivity contribution is 0.262. The quantitative estimate of drug-likeness (QED) is 0.544. The maximum Gasteiger partial charge on any atom is 0.326 e. The van der Waals surface area contributed by atoms with E-state index in [0.29, 0.717) is 17.2 Å². The minimum atomic E-state index is -0.430. The van der Waals surface area contributed by atoms with Crippen LogP contribution in [0.3, 0.4) is 0 Å². The number of hydrogen-bond donors (Lipinski definition) is 4. The number of fused-ring (bicyclic) bond motifs is 1. The van der Waals surface area contributed by atoms with Crippen molar-refractivity contribution >= 4 is 34.4 Å². The molecule has 1 aromatic carbocycles. The van der Waals surface area contributed by atoms with Gasteiger partial charge in [-0.1, -0.05) is 6.07 Å². The van der Waals surface area contributed by atoms with Crippen molar-refractivity contribution in [1.29, 1.82) is 0 Å². The third kappa shape index (κ3) is 4.39. The lowest BCUT2D eigenvalue weighted by Crippen LogP contribution is -2.26. The van der Waals surface area contributed by atoms with Crippen molar-refractivity contribution in [3.05, 3.63) is 48.3 Å². The smallest absolute Gasteiger partial charge is 0.326 e. The Morgan fingerprint density at radius 3 is 2.80 bits per heavy atom. The van der Waals surface area contributed by atoms with Gasteiger partial charge in [0.1, 0.15) is 5.82 Å². The number of rotatable bonds is 4. The summed E-state index contributed by atoms with van der Waals surface area (Å²) >= 11 is 0. The number of nitrogens with zero attached hydrogens (tertiary/aromatic N) is 3. The zero-order valence-electron chi connectivity index (χ0n) is 13.9. The molecular formula is C17H19N7O. The summed E-state index contributed by atoms with van der Waals surface area (Å²) in [5.74, 6) is 0.748. The van der Waals surface area contributed by atoms with Gasteiger partial charge in [-0.15, -0.1) is 0 Å². The molecule has 0 aliphatic carbocycles. The number of nitrogens with two attached hydrogens (primary N) is 1. The molecule has 0 bridgehead atoms. The molecule has 8 nitrogen and oxygen atoms in total. The van der Waals surface area contributed by atoms with E-state index in [0.717, 1.165) is 10.9 Å². The Morgan fingerprint density at radius 2 is 2.00 bits per heavy atom. The molecule has 2 amide bonds. The molecule has 3 rings (SSSR count). The third-order valence-corrected chi connectivity index (χ3v) is 3.32. The van der Waals surface area contributed by atoms with Crippen LogP contribution in [0.25, 0.3) is 10.9 Å². The van der Waals surface area contributed by atoms with Gasteiger partial charge in [0.15, 0.2) is 0 Å². The lowest BCUT2D eigenvalue weighted by atomic mass is 10.2. The van der Waals surface area contributed by atoms with Gasteiger partial charge in [-0.05, 0) is 38.1 Å². The SMILES string of the molecule is Cc1cc(NC(C)N)nc(NC(=O)Nc2ccc3ncccc3c2)n1. The Hall–Kier alpha value is -3.26. The van der Waals surface area contributed by atoms with Crippen LogP contribution < -0.4 is 21.7 Å². The molecule has 0 spiro atoms. The van der Waals surface area contributed by atoms with Crippen molar-refractivity contribution in [2.45, 2.75) is 20.0 Å². The molecule has 128 valence electrons. The molecule has 0 fully saturated rings. The Bertz CT molecular complexity index is 910. The molecule has 0 aliphatic heterocycles. The zero-order valence-corrected chi connectivity index (χ0v) is 13.9. The molecule has 0 saturated heterocycles. The fraction of sp³-hybridized carbons (Fsp3) is 0.176. The number of urea groups is 1. The summed E-state index contributed by atoms with van der Waals surface area (Å²) in [5, 5.41) is 9.30. The van der Waals surface area contributed by atoms with Crippen molar-refractivity contribution in [2.75, 3.05) is 16.0 Å². The Morgan fingerprint density at radius 1 is 1.16 bits per heavy atom. The summed E-state index contributed by atoms with van der Waals surface area (Å²) in [7, 11) is 0. The standard InChI is InChI=1S/C17H19N7O/c1-10-8-15(21-11(2)18)23-16(20-10)24-17(25)22-13-5-6-14-12(9-13)4-3-7-19-14/h3-9,11H,18H2,1-2H3,(H3,20,21,22,23,24,25). The Labute approximate surface area is 144 Å². The molecule has 0 radical (unpaired) electrons. The highest BCUT2D eigenvalue weighted by Gasteiger charge is 2.08. The molecule has 0 aliphatic rings. The van der Waals surface area contributed by atoms with Crippen LogP contribution in [0.4, 0.5) is 22.2 Å². The lowest BCUT2D eigenvalue weighted by Gasteiger charge is -2.12. The first-order valence-electron chi connectivity index (χ1n) is 7.80. The monoisotopic (exact) mass is 337 g/mol. The third-order valence-electron chi connectivity index (χ3n) is 3.32. The molecular weight excluding hydrogens is 318 g/mol. The summed E-state index contributed by atoms with van der Waals surface area (Å²) in [6.07, 6.45) is 1.47. The average Bonchev–Trinajstić information content (AvgIpc) is 2.53. The summed E-state index contributed by atoms with van der Waals surface area (Å²) in [4.78, 5) is 24.9. The van der Waals surface area contributed by atoms with E-state index in [1.165, 1.54) is 0 Å². The van der Waals surface area contributed by atoms with E-state index in [-0.39, 0.29) is 12.1 Å². The van der Waals surface area contributed by atoms with Crippen LogP contribution in [0.15, 0.2) is 42.6 Å². The van der Waals surface area contributed by atoms with Crippen molar-refractivity contribution < 1.29 is 4.79 Å². The molecule has 0 saturated carbocycles. The van der Waals surface area contributed by atoms with Gasteiger partial charge in [0.25, 0.3) is 0 Å². The van der Waals surface area contributed by atoms with E-state index in [4.69, 9.17) is 5.73 Å². The minimum Gasteiger partial charge on any atom is -0.355 e. The number of carbonyl (C=O) groups is 1. The van der Waals surface area contributed by atoms with E-state index >= 15 is 0 Å². The largest absolute Gasteiger partial charge is 0.355 e. The Kier molecular flexibility index (Phi) is 4.71. The molecule has 8 heteroatoms. The zero-order chi connectivity index (χ0) is 17.8. The first-order chi connectivity index (χ1) is 12.0. The Balaban J connectivity index is 1.72. The fourth-order valence-corrected chi connectivity index (χ4v) is 2.35. The van der Waals surface area contributed by atoms with Gasteiger partial charge in [-0.3, -0.25) is 10.3 Å². The first-order valence-corrected chi connectivity index (χ1v) is 7.80. The van der Waals surface area contributed by atoms with Gasteiger partial charge in [0.2, 0.25) is 5.95 Å². The number of pyridine rings is 1. The van der Waals surface area contributed by atoms with Crippen LogP contribution in [0.5, 0.6) is 0 Å². The van der Waals surface area contributed by atoms with Gasteiger partial charge in [-0.2, -0.15) is 4.98 Å². The summed E-state index contributed by atoms with van der Waals surface area (Å²) in [5.41, 5.74) is 7.93. The minimum absolute atomic E-state index is 0.197. The van der Waals surface area contributed by atoms with Crippen LogP contribution in [0.1, 0.15) is 12.6 Å². The highest BCUT2D eigenvalue weighted by Crippen LogP contribution is 2.17. The maximum atomic E-state index is 12.2. The normalized spacial score (nSPS) is 11.8. The second-order valence-electron chi connectivity index (χ2n) is 5.64. The van der Waals surface area contributed by atoms with E-state index in [9.17, 15) is 4.79 Å². The van der Waals surface area contributed by atoms with Gasteiger partial charge < -0.3 is 16.4 Å². The van der Waals surface area contributed by atoms with E-state index in [2.05, 4.69) is 30.9 Å². The number of aromatic nitrogens is 3. The summed E-state index contributed by atoms with van der Waals surface area (Å²) in [6.45, 7) is 3.61. The topological polar surface area (TPSA) is 118 Å². The first kappa shape index (κ1) is 16.6. The highest BCUT2D eigenvalue weighted by atomic mass is 16.2. The van der Waals surface area contributed by atoms with E-state index < -0.39 is 6.03 Å². The van der Waals surface area contributed by atoms with Crippen LogP contribution in [-0.4, -0.2) is 27.1 Å². The van der Waals surface area contributed by atoms with Gasteiger partial charge in [0.05, 0.1) is 11.7 Å². The van der Waals surface area contributed by atoms with Crippen LogP contribution >= 0.6 is 0 Å². The fourth-order valence-electron chi connectivity index (χ4n) is 2.35. The van der Waals surface area contributed by atoms with Crippen LogP contribution in [0, 0.1) is 6.92 Å². The average molecular weight is 337 g/mol.